The van der Waals surface area contributed by atoms with E-state index in [9.17, 15) is 22.8 Å². The smallest absolute Gasteiger partial charge is 0.243 e. The van der Waals surface area contributed by atoms with Gasteiger partial charge in [-0.15, -0.1) is 0 Å². The Kier molecular flexibility index (Phi) is 11.1. The molecule has 0 aliphatic carbocycles. The van der Waals surface area contributed by atoms with Crippen molar-refractivity contribution in [2.45, 2.75) is 52.4 Å². The Morgan fingerprint density at radius 1 is 1.02 bits per heavy atom. The lowest BCUT2D eigenvalue weighted by Gasteiger charge is -2.23. The molecule has 0 N–H and O–H groups in total. The molecular formula is C27H40N6O6S. The summed E-state index contributed by atoms with van der Waals surface area (Å²) >= 11 is 0. The summed E-state index contributed by atoms with van der Waals surface area (Å²) in [6.07, 6.45) is 1.40. The number of aromatic nitrogens is 2. The second kappa shape index (κ2) is 13.7. The number of likely N-dealkylation sites (N-methyl/N-ethyl adjacent to an activating group) is 3. The summed E-state index contributed by atoms with van der Waals surface area (Å²) in [5, 5.41) is 4.68. The zero-order valence-corrected chi connectivity index (χ0v) is 25.6. The Morgan fingerprint density at radius 3 is 2.23 bits per heavy atom. The van der Waals surface area contributed by atoms with Gasteiger partial charge in [0.25, 0.3) is 0 Å². The molecule has 1 aromatic heterocycles. The van der Waals surface area contributed by atoms with Crippen molar-refractivity contribution < 1.29 is 27.5 Å². The van der Waals surface area contributed by atoms with Crippen LogP contribution in [0.3, 0.4) is 0 Å². The number of carbonyl (C=O) groups is 3. The number of sulfonamides is 1. The van der Waals surface area contributed by atoms with Gasteiger partial charge in [-0.2, -0.15) is 9.41 Å². The Hall–Kier alpha value is -3.58. The SMILES string of the molecule is CCCc1nc(C)c(C(C)=O)n1/N=C(\C)c1cc(S(=O)(=O)N(C)CC(=O)N(C)CC(=O)N(C)C)ccc1OCC. The first kappa shape index (κ1) is 32.6. The summed E-state index contributed by atoms with van der Waals surface area (Å²) < 4.78 is 35.1. The largest absolute Gasteiger partial charge is 0.493 e. The van der Waals surface area contributed by atoms with Gasteiger partial charge in [-0.25, -0.2) is 18.1 Å². The lowest BCUT2D eigenvalue weighted by molar-refractivity contribution is -0.137. The van der Waals surface area contributed by atoms with Crippen molar-refractivity contribution in [1.29, 1.82) is 0 Å². The molecule has 40 heavy (non-hydrogen) atoms. The third-order valence-electron chi connectivity index (χ3n) is 6.16. The fourth-order valence-electron chi connectivity index (χ4n) is 3.92. The minimum absolute atomic E-state index is 0.0646. The van der Waals surface area contributed by atoms with E-state index in [-0.39, 0.29) is 23.1 Å². The summed E-state index contributed by atoms with van der Waals surface area (Å²) in [5.41, 5.74) is 1.76. The molecule has 0 unspecified atom stereocenters. The third kappa shape index (κ3) is 7.54. The highest BCUT2D eigenvalue weighted by molar-refractivity contribution is 7.89. The first-order chi connectivity index (χ1) is 18.6. The summed E-state index contributed by atoms with van der Waals surface area (Å²) in [4.78, 5) is 44.0. The molecule has 220 valence electrons. The number of benzene rings is 1. The van der Waals surface area contributed by atoms with E-state index in [0.717, 1.165) is 10.7 Å². The van der Waals surface area contributed by atoms with Crippen LogP contribution in [0.15, 0.2) is 28.2 Å². The molecule has 13 heteroatoms. The van der Waals surface area contributed by atoms with Crippen LogP contribution in [0.2, 0.25) is 0 Å². The van der Waals surface area contributed by atoms with Crippen molar-refractivity contribution in [3.63, 3.8) is 0 Å². The number of amides is 2. The molecule has 1 heterocycles. The van der Waals surface area contributed by atoms with Gasteiger partial charge in [0.15, 0.2) is 5.78 Å². The van der Waals surface area contributed by atoms with E-state index in [1.807, 2.05) is 13.8 Å². The number of rotatable bonds is 13. The number of aryl methyl sites for hydroxylation is 2. The van der Waals surface area contributed by atoms with Crippen molar-refractivity contribution in [3.05, 3.63) is 41.0 Å². The molecule has 0 spiro atoms. The monoisotopic (exact) mass is 576 g/mol. The molecule has 0 fully saturated rings. The van der Waals surface area contributed by atoms with Crippen molar-refractivity contribution in [1.82, 2.24) is 23.8 Å². The molecule has 12 nitrogen and oxygen atoms in total. The predicted octanol–water partition coefficient (Wildman–Crippen LogP) is 2.18. The summed E-state index contributed by atoms with van der Waals surface area (Å²) in [5.74, 6) is 0.0491. The Bertz CT molecular complexity index is 1400. The topological polar surface area (TPSA) is 134 Å². The minimum atomic E-state index is -4.10. The van der Waals surface area contributed by atoms with Crippen LogP contribution in [0, 0.1) is 6.92 Å². The zero-order chi connectivity index (χ0) is 30.4. The average molecular weight is 577 g/mol. The van der Waals surface area contributed by atoms with Crippen LogP contribution in [0.25, 0.3) is 0 Å². The maximum atomic E-state index is 13.4. The molecule has 0 saturated carbocycles. The molecule has 2 amide bonds. The lowest BCUT2D eigenvalue weighted by atomic mass is 10.1. The second-order valence-corrected chi connectivity index (χ2v) is 11.7. The lowest BCUT2D eigenvalue weighted by Crippen LogP contribution is -2.43. The van der Waals surface area contributed by atoms with E-state index in [1.165, 1.54) is 47.6 Å². The fourth-order valence-corrected chi connectivity index (χ4v) is 5.07. The van der Waals surface area contributed by atoms with Crippen LogP contribution >= 0.6 is 0 Å². The molecule has 0 aliphatic heterocycles. The highest BCUT2D eigenvalue weighted by atomic mass is 32.2. The van der Waals surface area contributed by atoms with Crippen LogP contribution in [0.5, 0.6) is 5.75 Å². The number of imidazole rings is 1. The van der Waals surface area contributed by atoms with Gasteiger partial charge in [-0.3, -0.25) is 14.4 Å². The molecule has 2 rings (SSSR count). The van der Waals surface area contributed by atoms with Gasteiger partial charge in [0, 0.05) is 47.1 Å². The number of hydrogen-bond donors (Lipinski definition) is 0. The van der Waals surface area contributed by atoms with E-state index in [2.05, 4.69) is 10.1 Å². The van der Waals surface area contributed by atoms with E-state index in [1.54, 1.807) is 34.0 Å². The van der Waals surface area contributed by atoms with Gasteiger partial charge >= 0.3 is 0 Å². The maximum Gasteiger partial charge on any atom is 0.243 e. The first-order valence-electron chi connectivity index (χ1n) is 13.0. The van der Waals surface area contributed by atoms with Crippen molar-refractivity contribution >= 4 is 33.3 Å². The van der Waals surface area contributed by atoms with Gasteiger partial charge in [0.2, 0.25) is 21.8 Å². The maximum absolute atomic E-state index is 13.4. The van der Waals surface area contributed by atoms with Crippen LogP contribution in [0.4, 0.5) is 0 Å². The van der Waals surface area contributed by atoms with Gasteiger partial charge < -0.3 is 14.5 Å². The molecule has 2 aromatic rings. The molecule has 0 atom stereocenters. The Balaban J connectivity index is 2.51. The number of hydrogen-bond acceptors (Lipinski definition) is 8. The molecule has 0 aliphatic rings. The molecule has 0 bridgehead atoms. The van der Waals surface area contributed by atoms with E-state index >= 15 is 0 Å². The van der Waals surface area contributed by atoms with Crippen molar-refractivity contribution in [3.8, 4) is 5.75 Å². The van der Waals surface area contributed by atoms with Crippen molar-refractivity contribution in [2.24, 2.45) is 5.10 Å². The van der Waals surface area contributed by atoms with E-state index < -0.39 is 22.5 Å². The zero-order valence-electron chi connectivity index (χ0n) is 24.8. The number of nitrogens with zero attached hydrogens (tertiary/aromatic N) is 6. The van der Waals surface area contributed by atoms with E-state index in [0.29, 0.717) is 47.3 Å². The molecule has 0 radical (unpaired) electrons. The first-order valence-corrected chi connectivity index (χ1v) is 14.4. The summed E-state index contributed by atoms with van der Waals surface area (Å²) in [6.45, 7) is 8.43. The highest BCUT2D eigenvalue weighted by Gasteiger charge is 2.27. The van der Waals surface area contributed by atoms with Gasteiger partial charge in [0.1, 0.15) is 17.3 Å². The standard InChI is InChI=1S/C27H40N6O6S/c1-10-12-24-28-19(4)27(20(5)34)33(24)29-18(3)22-15-21(13-14-23(22)39-11-2)40(37,38)32(9)17-26(36)31(8)16-25(35)30(6)7/h13-15H,10-12,16-17H2,1-9H3/b29-18+. The molecular weight excluding hydrogens is 536 g/mol. The van der Waals surface area contributed by atoms with Crippen LogP contribution in [0.1, 0.15) is 61.7 Å². The quantitative estimate of drug-likeness (QED) is 0.264. The number of carbonyl (C=O) groups excluding carboxylic acids is 3. The number of ether oxygens (including phenoxy) is 1. The summed E-state index contributed by atoms with van der Waals surface area (Å²) in [7, 11) is 1.79. The van der Waals surface area contributed by atoms with Crippen LogP contribution in [-0.4, -0.2) is 103 Å². The minimum Gasteiger partial charge on any atom is -0.493 e. The fraction of sp³-hybridized carbons (Fsp3) is 0.519. The summed E-state index contributed by atoms with van der Waals surface area (Å²) in [6, 6.07) is 4.39. The second-order valence-electron chi connectivity index (χ2n) is 9.66. The Morgan fingerprint density at radius 2 is 1.68 bits per heavy atom. The molecule has 1 aromatic carbocycles. The van der Waals surface area contributed by atoms with Crippen molar-refractivity contribution in [2.75, 3.05) is 47.9 Å². The normalized spacial score (nSPS) is 12.0. The predicted molar refractivity (Wildman–Crippen MR) is 152 cm³/mol. The third-order valence-corrected chi connectivity index (χ3v) is 7.96. The number of Topliss-reactive ketones (excluding diaryl/α,β-unsaturated/α-hetero) is 1. The highest BCUT2D eigenvalue weighted by Crippen LogP contribution is 2.26. The van der Waals surface area contributed by atoms with Gasteiger partial charge in [0.05, 0.1) is 36.0 Å². The molecule has 0 saturated heterocycles. The Labute approximate surface area is 236 Å². The van der Waals surface area contributed by atoms with E-state index in [4.69, 9.17) is 4.74 Å². The van der Waals surface area contributed by atoms with Gasteiger partial charge in [-0.05, 0) is 45.4 Å². The number of ketones is 1. The van der Waals surface area contributed by atoms with Crippen LogP contribution < -0.4 is 4.74 Å². The van der Waals surface area contributed by atoms with Gasteiger partial charge in [-0.1, -0.05) is 6.92 Å². The van der Waals surface area contributed by atoms with Crippen LogP contribution in [-0.2, 0) is 26.0 Å². The average Bonchev–Trinajstić information content (AvgIpc) is 3.18.